The van der Waals surface area contributed by atoms with Crippen molar-refractivity contribution in [3.8, 4) is 0 Å². The van der Waals surface area contributed by atoms with Crippen molar-refractivity contribution < 1.29 is 33.7 Å². The third-order valence-electron chi connectivity index (χ3n) is 6.36. The van der Waals surface area contributed by atoms with E-state index in [1.165, 1.54) is 16.7 Å². The van der Waals surface area contributed by atoms with Crippen LogP contribution in [0.3, 0.4) is 0 Å². The van der Waals surface area contributed by atoms with E-state index in [0.29, 0.717) is 6.42 Å². The average molecular weight is 479 g/mol. The number of carbonyl (C=O) groups excluding carboxylic acids is 2. The highest BCUT2D eigenvalue weighted by Gasteiger charge is 2.58. The smallest absolute Gasteiger partial charge is 0.341 e. The van der Waals surface area contributed by atoms with Crippen molar-refractivity contribution in [1.82, 2.24) is 0 Å². The van der Waals surface area contributed by atoms with Gasteiger partial charge in [-0.05, 0) is 83.3 Å². The summed E-state index contributed by atoms with van der Waals surface area (Å²) in [6.07, 6.45) is 14.4. The molecule has 7 nitrogen and oxygen atoms in total. The van der Waals surface area contributed by atoms with Crippen LogP contribution in [0.1, 0.15) is 78.2 Å². The minimum Gasteiger partial charge on any atom is -0.472 e. The Hall–Kier alpha value is -2.38. The van der Waals surface area contributed by atoms with Gasteiger partial charge in [0, 0.05) is 0 Å². The number of aryl methyl sites for hydroxylation is 1. The molecule has 0 radical (unpaired) electrons. The van der Waals surface area contributed by atoms with Crippen LogP contribution in [0.25, 0.3) is 0 Å². The number of carbonyl (C=O) groups is 2. The second-order valence-electron chi connectivity index (χ2n) is 9.43. The Morgan fingerprint density at radius 1 is 1.06 bits per heavy atom. The first-order chi connectivity index (χ1) is 16.0. The van der Waals surface area contributed by atoms with Crippen molar-refractivity contribution in [2.24, 2.45) is 5.92 Å². The normalized spacial score (nSPS) is 16.9. The van der Waals surface area contributed by atoms with Gasteiger partial charge in [-0.25, -0.2) is 9.59 Å². The van der Waals surface area contributed by atoms with Crippen LogP contribution in [-0.4, -0.2) is 47.6 Å². The lowest BCUT2D eigenvalue weighted by Gasteiger charge is -2.37. The van der Waals surface area contributed by atoms with E-state index in [0.717, 1.165) is 59.7 Å². The van der Waals surface area contributed by atoms with Gasteiger partial charge in [-0.3, -0.25) is 0 Å². The summed E-state index contributed by atoms with van der Waals surface area (Å²) in [4.78, 5) is 24.2. The van der Waals surface area contributed by atoms with E-state index < -0.39 is 23.1 Å². The SMILES string of the molecule is COC(=O)C(C)(O)[C@@](O)(C[C@H](C)CCC/C(C)=C/CC/C(C)=C/CCc1ccoc1)C(=O)OC. The number of rotatable bonds is 15. The molecule has 1 unspecified atom stereocenters. The number of esters is 2. The molecule has 192 valence electrons. The molecule has 3 atom stereocenters. The van der Waals surface area contributed by atoms with Crippen LogP contribution in [0.15, 0.2) is 46.3 Å². The van der Waals surface area contributed by atoms with Gasteiger partial charge in [-0.1, -0.05) is 36.6 Å². The van der Waals surface area contributed by atoms with E-state index in [1.54, 1.807) is 12.5 Å². The van der Waals surface area contributed by atoms with Gasteiger partial charge in [0.1, 0.15) is 0 Å². The Morgan fingerprint density at radius 2 is 1.68 bits per heavy atom. The molecule has 0 aliphatic carbocycles. The fraction of sp³-hybridized carbons (Fsp3) is 0.630. The van der Waals surface area contributed by atoms with E-state index >= 15 is 0 Å². The zero-order chi connectivity index (χ0) is 25.8. The second kappa shape index (κ2) is 14.1. The van der Waals surface area contributed by atoms with Crippen LogP contribution in [0, 0.1) is 5.92 Å². The molecule has 1 rings (SSSR count). The van der Waals surface area contributed by atoms with Gasteiger partial charge >= 0.3 is 11.9 Å². The Kier molecular flexibility index (Phi) is 12.3. The van der Waals surface area contributed by atoms with E-state index in [2.05, 4.69) is 35.5 Å². The summed E-state index contributed by atoms with van der Waals surface area (Å²) in [6, 6.07) is 1.99. The van der Waals surface area contributed by atoms with Crippen LogP contribution in [0.5, 0.6) is 0 Å². The lowest BCUT2D eigenvalue weighted by Crippen LogP contribution is -2.63. The Labute approximate surface area is 203 Å². The number of ether oxygens (including phenoxy) is 2. The van der Waals surface area contributed by atoms with Crippen LogP contribution in [0.4, 0.5) is 0 Å². The van der Waals surface area contributed by atoms with Crippen molar-refractivity contribution in [3.05, 3.63) is 47.5 Å². The van der Waals surface area contributed by atoms with Gasteiger partial charge in [0.15, 0.2) is 5.60 Å². The molecule has 0 aromatic carbocycles. The fourth-order valence-electron chi connectivity index (χ4n) is 4.02. The maximum absolute atomic E-state index is 12.3. The van der Waals surface area contributed by atoms with Gasteiger partial charge < -0.3 is 24.1 Å². The summed E-state index contributed by atoms with van der Waals surface area (Å²) < 4.78 is 14.3. The van der Waals surface area contributed by atoms with Crippen molar-refractivity contribution in [2.45, 2.75) is 90.3 Å². The summed E-state index contributed by atoms with van der Waals surface area (Å²) in [5, 5.41) is 21.5. The molecule has 1 aromatic heterocycles. The summed E-state index contributed by atoms with van der Waals surface area (Å²) in [6.45, 7) is 7.21. The van der Waals surface area contributed by atoms with Crippen molar-refractivity contribution in [3.63, 3.8) is 0 Å². The first-order valence-electron chi connectivity index (χ1n) is 11.9. The van der Waals surface area contributed by atoms with E-state index in [-0.39, 0.29) is 12.3 Å². The molecular formula is C27H42O7. The standard InChI is InChI=1S/C27H42O7/c1-20(10-7-11-21(2)13-9-15-23-16-17-34-19-23)12-8-14-22(3)18-27(31,25(29)33-6)26(4,30)24(28)32-5/h10,13,16-17,19,22,30-31H,7-9,11-12,14-15,18H2,1-6H3/b20-10+,21-13+/t22-,26?,27-/m1/s1. The van der Waals surface area contributed by atoms with Gasteiger partial charge in [0.2, 0.25) is 5.60 Å². The molecule has 0 fully saturated rings. The molecule has 0 saturated heterocycles. The highest BCUT2D eigenvalue weighted by molar-refractivity contribution is 5.92. The van der Waals surface area contributed by atoms with Gasteiger partial charge in [-0.15, -0.1) is 0 Å². The first-order valence-corrected chi connectivity index (χ1v) is 11.9. The lowest BCUT2D eigenvalue weighted by atomic mass is 9.76. The number of furan rings is 1. The van der Waals surface area contributed by atoms with E-state index in [1.807, 2.05) is 13.0 Å². The van der Waals surface area contributed by atoms with Crippen molar-refractivity contribution >= 4 is 11.9 Å². The molecule has 2 N–H and O–H groups in total. The first kappa shape index (κ1) is 29.7. The quantitative estimate of drug-likeness (QED) is 0.272. The third-order valence-corrected chi connectivity index (χ3v) is 6.36. The van der Waals surface area contributed by atoms with Crippen LogP contribution in [0.2, 0.25) is 0 Å². The molecule has 0 bridgehead atoms. The predicted octanol–water partition coefficient (Wildman–Crippen LogP) is 4.91. The number of aliphatic hydroxyl groups is 2. The maximum atomic E-state index is 12.3. The molecule has 34 heavy (non-hydrogen) atoms. The molecule has 1 aromatic rings. The third kappa shape index (κ3) is 8.76. The lowest BCUT2D eigenvalue weighted by molar-refractivity contribution is -0.210. The molecule has 0 aliphatic rings. The Bertz CT molecular complexity index is 820. The van der Waals surface area contributed by atoms with Crippen molar-refractivity contribution in [2.75, 3.05) is 14.2 Å². The predicted molar refractivity (Wildman–Crippen MR) is 131 cm³/mol. The second-order valence-corrected chi connectivity index (χ2v) is 9.43. The molecular weight excluding hydrogens is 436 g/mol. The highest BCUT2D eigenvalue weighted by Crippen LogP contribution is 2.33. The van der Waals surface area contributed by atoms with Crippen LogP contribution in [-0.2, 0) is 25.5 Å². The van der Waals surface area contributed by atoms with Crippen LogP contribution >= 0.6 is 0 Å². The zero-order valence-corrected chi connectivity index (χ0v) is 21.6. The Balaban J connectivity index is 2.48. The summed E-state index contributed by atoms with van der Waals surface area (Å²) in [7, 11) is 2.20. The largest absolute Gasteiger partial charge is 0.472 e. The maximum Gasteiger partial charge on any atom is 0.341 e. The zero-order valence-electron chi connectivity index (χ0n) is 21.6. The minimum absolute atomic E-state index is 0.118. The minimum atomic E-state index is -2.41. The molecule has 0 saturated carbocycles. The van der Waals surface area contributed by atoms with Crippen molar-refractivity contribution in [1.29, 1.82) is 0 Å². The number of hydrogen-bond acceptors (Lipinski definition) is 7. The number of allylic oxidation sites excluding steroid dienone is 4. The highest BCUT2D eigenvalue weighted by atomic mass is 16.6. The average Bonchev–Trinajstić information content (AvgIpc) is 3.31. The van der Waals surface area contributed by atoms with Gasteiger partial charge in [-0.2, -0.15) is 0 Å². The summed E-state index contributed by atoms with van der Waals surface area (Å²) in [5.74, 6) is -2.27. The van der Waals surface area contributed by atoms with E-state index in [9.17, 15) is 19.8 Å². The summed E-state index contributed by atoms with van der Waals surface area (Å²) in [5.41, 5.74) is -0.916. The number of methoxy groups -OCH3 is 2. The molecule has 0 aliphatic heterocycles. The van der Waals surface area contributed by atoms with Crippen LogP contribution < -0.4 is 0 Å². The van der Waals surface area contributed by atoms with Gasteiger partial charge in [0.25, 0.3) is 0 Å². The fourth-order valence-corrected chi connectivity index (χ4v) is 4.02. The van der Waals surface area contributed by atoms with Gasteiger partial charge in [0.05, 0.1) is 26.7 Å². The molecule has 1 heterocycles. The molecule has 0 amide bonds. The topological polar surface area (TPSA) is 106 Å². The molecule has 7 heteroatoms. The summed E-state index contributed by atoms with van der Waals surface area (Å²) >= 11 is 0. The molecule has 0 spiro atoms. The Morgan fingerprint density at radius 3 is 2.26 bits per heavy atom. The number of hydrogen-bond donors (Lipinski definition) is 2. The van der Waals surface area contributed by atoms with E-state index in [4.69, 9.17) is 4.42 Å². The monoisotopic (exact) mass is 478 g/mol.